The van der Waals surface area contributed by atoms with Crippen LogP contribution in [0.3, 0.4) is 0 Å². The molecular formula is C12H18N2O3. The van der Waals surface area contributed by atoms with E-state index in [0.29, 0.717) is 6.42 Å². The summed E-state index contributed by atoms with van der Waals surface area (Å²) in [6.45, 7) is 7.95. The number of hydrogen-bond donors (Lipinski definition) is 0. The third kappa shape index (κ3) is 2.76. The summed E-state index contributed by atoms with van der Waals surface area (Å²) < 4.78 is 4.95. The molecule has 0 amide bonds. The minimum atomic E-state index is -1.24. The van der Waals surface area contributed by atoms with Gasteiger partial charge >= 0.3 is 5.97 Å². The van der Waals surface area contributed by atoms with Crippen LogP contribution in [-0.2, 0) is 14.4 Å². The Morgan fingerprint density at radius 2 is 2.29 bits per heavy atom. The molecule has 0 saturated carbocycles. The van der Waals surface area contributed by atoms with Crippen molar-refractivity contribution in [3.8, 4) is 6.07 Å². The minimum absolute atomic E-state index is 0.0467. The normalized spacial score (nSPS) is 23.6. The third-order valence-electron chi connectivity index (χ3n) is 2.66. The molecule has 1 rings (SSSR count). The van der Waals surface area contributed by atoms with Crippen molar-refractivity contribution in [1.29, 1.82) is 5.26 Å². The van der Waals surface area contributed by atoms with Gasteiger partial charge in [0.15, 0.2) is 0 Å². The number of ether oxygens (including phenoxy) is 1. The van der Waals surface area contributed by atoms with E-state index in [4.69, 9.17) is 14.8 Å². The maximum Gasteiger partial charge on any atom is 0.354 e. The largest absolute Gasteiger partial charge is 0.463 e. The van der Waals surface area contributed by atoms with Crippen molar-refractivity contribution in [2.24, 2.45) is 10.6 Å². The first kappa shape index (κ1) is 13.5. The van der Waals surface area contributed by atoms with E-state index in [9.17, 15) is 4.79 Å². The zero-order valence-corrected chi connectivity index (χ0v) is 10.7. The Morgan fingerprint density at radius 1 is 1.65 bits per heavy atom. The molecule has 0 saturated heterocycles. The molecule has 1 heterocycles. The number of rotatable bonds is 3. The van der Waals surface area contributed by atoms with Gasteiger partial charge < -0.3 is 9.57 Å². The van der Waals surface area contributed by atoms with Crippen LogP contribution < -0.4 is 0 Å². The Balaban J connectivity index is 2.87. The summed E-state index contributed by atoms with van der Waals surface area (Å²) in [5.41, 5.74) is -0.641. The lowest BCUT2D eigenvalue weighted by Crippen LogP contribution is -2.41. The Hall–Kier alpha value is -1.57. The van der Waals surface area contributed by atoms with Crippen molar-refractivity contribution in [2.75, 3.05) is 6.61 Å². The molecule has 1 aliphatic heterocycles. The van der Waals surface area contributed by atoms with E-state index in [2.05, 4.69) is 5.16 Å². The van der Waals surface area contributed by atoms with Gasteiger partial charge in [-0.2, -0.15) is 5.26 Å². The first-order chi connectivity index (χ1) is 7.85. The standard InChI is InChI=1S/C12H18N2O3/c1-5-16-10(15)12(6-7-13)8-9(14-17-12)11(2,3)4/h5-6,8H2,1-4H3. The molecule has 1 atom stereocenters. The van der Waals surface area contributed by atoms with E-state index in [-0.39, 0.29) is 18.4 Å². The summed E-state index contributed by atoms with van der Waals surface area (Å²) in [5.74, 6) is -0.510. The van der Waals surface area contributed by atoms with Crippen LogP contribution in [0, 0.1) is 16.7 Å². The number of hydrogen-bond acceptors (Lipinski definition) is 5. The van der Waals surface area contributed by atoms with Crippen LogP contribution in [0.4, 0.5) is 0 Å². The molecule has 1 aliphatic rings. The second kappa shape index (κ2) is 4.74. The zero-order chi connectivity index (χ0) is 13.1. The van der Waals surface area contributed by atoms with Gasteiger partial charge in [-0.15, -0.1) is 0 Å². The number of esters is 1. The molecule has 0 aromatic rings. The lowest BCUT2D eigenvalue weighted by molar-refractivity contribution is -0.168. The first-order valence-corrected chi connectivity index (χ1v) is 5.65. The highest BCUT2D eigenvalue weighted by molar-refractivity contribution is 5.96. The highest BCUT2D eigenvalue weighted by Crippen LogP contribution is 2.35. The van der Waals surface area contributed by atoms with Crippen molar-refractivity contribution < 1.29 is 14.4 Å². The lowest BCUT2D eigenvalue weighted by atomic mass is 9.82. The SMILES string of the molecule is CCOC(=O)C1(CC#N)CC(C(C)(C)C)=NO1. The number of oxime groups is 1. The van der Waals surface area contributed by atoms with Crippen LogP contribution in [0.2, 0.25) is 0 Å². The average Bonchev–Trinajstić information content (AvgIpc) is 2.64. The minimum Gasteiger partial charge on any atom is -0.463 e. The van der Waals surface area contributed by atoms with Gasteiger partial charge in [-0.25, -0.2) is 4.79 Å². The highest BCUT2D eigenvalue weighted by Gasteiger charge is 2.50. The van der Waals surface area contributed by atoms with Crippen LogP contribution in [0.5, 0.6) is 0 Å². The van der Waals surface area contributed by atoms with E-state index >= 15 is 0 Å². The van der Waals surface area contributed by atoms with Crippen LogP contribution in [0.25, 0.3) is 0 Å². The second-order valence-electron chi connectivity index (χ2n) is 5.11. The zero-order valence-electron chi connectivity index (χ0n) is 10.7. The van der Waals surface area contributed by atoms with Crippen molar-refractivity contribution in [1.82, 2.24) is 0 Å². The molecule has 0 bridgehead atoms. The average molecular weight is 238 g/mol. The van der Waals surface area contributed by atoms with Crippen LogP contribution in [0.15, 0.2) is 5.16 Å². The molecule has 0 aromatic heterocycles. The predicted octanol–water partition coefficient (Wildman–Crippen LogP) is 2.02. The summed E-state index contributed by atoms with van der Waals surface area (Å²) >= 11 is 0. The quantitative estimate of drug-likeness (QED) is 0.705. The molecule has 0 N–H and O–H groups in total. The molecule has 0 aromatic carbocycles. The molecular weight excluding hydrogens is 220 g/mol. The van der Waals surface area contributed by atoms with Crippen LogP contribution in [0.1, 0.15) is 40.5 Å². The molecule has 94 valence electrons. The van der Waals surface area contributed by atoms with E-state index in [1.807, 2.05) is 26.8 Å². The lowest BCUT2D eigenvalue weighted by Gasteiger charge is -2.23. The van der Waals surface area contributed by atoms with Gasteiger partial charge in [-0.3, -0.25) is 0 Å². The monoisotopic (exact) mass is 238 g/mol. The molecule has 5 heteroatoms. The molecule has 5 nitrogen and oxygen atoms in total. The Bertz CT molecular complexity index is 376. The van der Waals surface area contributed by atoms with Crippen LogP contribution in [-0.4, -0.2) is 23.9 Å². The van der Waals surface area contributed by atoms with E-state index in [1.54, 1.807) is 6.92 Å². The second-order valence-corrected chi connectivity index (χ2v) is 5.11. The van der Waals surface area contributed by atoms with Crippen LogP contribution >= 0.6 is 0 Å². The number of nitriles is 1. The summed E-state index contributed by atoms with van der Waals surface area (Å²) in [4.78, 5) is 17.1. The molecule has 0 fully saturated rings. The maximum absolute atomic E-state index is 11.9. The fourth-order valence-corrected chi connectivity index (χ4v) is 1.55. The van der Waals surface area contributed by atoms with Gasteiger partial charge in [0.05, 0.1) is 24.8 Å². The van der Waals surface area contributed by atoms with Crippen molar-refractivity contribution in [3.63, 3.8) is 0 Å². The number of carbonyl (C=O) groups excluding carboxylic acids is 1. The van der Waals surface area contributed by atoms with E-state index in [0.717, 1.165) is 5.71 Å². The summed E-state index contributed by atoms with van der Waals surface area (Å²) in [7, 11) is 0. The molecule has 17 heavy (non-hydrogen) atoms. The van der Waals surface area contributed by atoms with Gasteiger partial charge in [0.2, 0.25) is 0 Å². The van der Waals surface area contributed by atoms with Gasteiger partial charge in [0.1, 0.15) is 0 Å². The van der Waals surface area contributed by atoms with Crippen molar-refractivity contribution in [2.45, 2.75) is 46.1 Å². The third-order valence-corrected chi connectivity index (χ3v) is 2.66. The Kier molecular flexibility index (Phi) is 3.76. The topological polar surface area (TPSA) is 71.7 Å². The number of nitrogens with zero attached hydrogens (tertiary/aromatic N) is 2. The van der Waals surface area contributed by atoms with E-state index < -0.39 is 11.6 Å². The van der Waals surface area contributed by atoms with Gasteiger partial charge in [-0.05, 0) is 6.92 Å². The number of carbonyl (C=O) groups is 1. The fraction of sp³-hybridized carbons (Fsp3) is 0.750. The van der Waals surface area contributed by atoms with Crippen molar-refractivity contribution in [3.05, 3.63) is 0 Å². The molecule has 0 aliphatic carbocycles. The summed E-state index contributed by atoms with van der Waals surface area (Å²) in [5, 5.41) is 12.8. The highest BCUT2D eigenvalue weighted by atomic mass is 16.7. The molecule has 0 radical (unpaired) electrons. The molecule has 0 spiro atoms. The van der Waals surface area contributed by atoms with E-state index in [1.165, 1.54) is 0 Å². The fourth-order valence-electron chi connectivity index (χ4n) is 1.55. The van der Waals surface area contributed by atoms with Gasteiger partial charge in [0, 0.05) is 11.8 Å². The van der Waals surface area contributed by atoms with Gasteiger partial charge in [-0.1, -0.05) is 25.9 Å². The predicted molar refractivity (Wildman–Crippen MR) is 62.2 cm³/mol. The molecule has 1 unspecified atom stereocenters. The Morgan fingerprint density at radius 3 is 2.71 bits per heavy atom. The maximum atomic E-state index is 11.9. The van der Waals surface area contributed by atoms with Gasteiger partial charge in [0.25, 0.3) is 5.60 Å². The Labute approximate surface area is 101 Å². The van der Waals surface area contributed by atoms with Crippen molar-refractivity contribution >= 4 is 11.7 Å². The summed E-state index contributed by atoms with van der Waals surface area (Å²) in [6, 6.07) is 1.96. The summed E-state index contributed by atoms with van der Waals surface area (Å²) in [6.07, 6.45) is 0.276. The smallest absolute Gasteiger partial charge is 0.354 e. The first-order valence-electron chi connectivity index (χ1n) is 5.65.